The second-order valence-electron chi connectivity index (χ2n) is 9.68. The largest absolute Gasteiger partial charge is 0.476 e. The number of methoxy groups -OCH3 is 1. The number of amides is 2. The summed E-state index contributed by atoms with van der Waals surface area (Å²) in [5.41, 5.74) is -0.275. The molecule has 192 valence electrons. The summed E-state index contributed by atoms with van der Waals surface area (Å²) in [5.74, 6) is -1.16. The summed E-state index contributed by atoms with van der Waals surface area (Å²) in [6.45, 7) is 13.0. The van der Waals surface area contributed by atoms with E-state index in [1.807, 2.05) is 6.07 Å². The van der Waals surface area contributed by atoms with E-state index in [-0.39, 0.29) is 5.69 Å². The molecule has 0 saturated heterocycles. The fourth-order valence-electron chi connectivity index (χ4n) is 3.56. The van der Waals surface area contributed by atoms with E-state index >= 15 is 0 Å². The van der Waals surface area contributed by atoms with Crippen LogP contribution in [0.25, 0.3) is 0 Å². The molecular weight excluding hydrogens is 456 g/mol. The fraction of sp³-hybridized carbons (Fsp3) is 0.462. The molecule has 2 amide bonds. The zero-order valence-corrected chi connectivity index (χ0v) is 21.4. The van der Waals surface area contributed by atoms with Crippen molar-refractivity contribution in [3.63, 3.8) is 0 Å². The molecule has 0 aliphatic carbocycles. The predicted octanol–water partition coefficient (Wildman–Crippen LogP) is 6.06. The van der Waals surface area contributed by atoms with Gasteiger partial charge < -0.3 is 25.0 Å². The predicted molar refractivity (Wildman–Crippen MR) is 134 cm³/mol. The molecule has 0 fully saturated rings. The topological polar surface area (TPSA) is 79.9 Å². The standard InChI is InChI=1S/C26H35F2N3O4/c1-16(2)14-31(15-17(3)4)23-11-9-19(35-26(5,6)24(32)34-7)13-22(23)30-25(33)29-21-10-8-18(27)12-20(21)28/h8-13,16-17H,14-15H2,1-7H3,(H2,29,30,33). The van der Waals surface area contributed by atoms with Crippen LogP contribution >= 0.6 is 0 Å². The first-order chi connectivity index (χ1) is 16.3. The maximum absolute atomic E-state index is 14.0. The Hall–Kier alpha value is -3.36. The number of nitrogens with zero attached hydrogens (tertiary/aromatic N) is 1. The molecule has 0 unspecified atom stereocenters. The smallest absolute Gasteiger partial charge is 0.349 e. The van der Waals surface area contributed by atoms with Gasteiger partial charge in [0.15, 0.2) is 5.60 Å². The Morgan fingerprint density at radius 1 is 0.943 bits per heavy atom. The Balaban J connectivity index is 2.43. The summed E-state index contributed by atoms with van der Waals surface area (Å²) in [6.07, 6.45) is 0. The van der Waals surface area contributed by atoms with Crippen LogP contribution in [0.3, 0.4) is 0 Å². The Bertz CT molecular complexity index is 1030. The monoisotopic (exact) mass is 491 g/mol. The number of hydrogen-bond acceptors (Lipinski definition) is 5. The van der Waals surface area contributed by atoms with Crippen LogP contribution in [0.5, 0.6) is 5.75 Å². The van der Waals surface area contributed by atoms with Gasteiger partial charge in [0.25, 0.3) is 0 Å². The minimum absolute atomic E-state index is 0.161. The Kier molecular flexibility index (Phi) is 9.45. The Morgan fingerprint density at radius 2 is 1.54 bits per heavy atom. The minimum atomic E-state index is -1.26. The van der Waals surface area contributed by atoms with Gasteiger partial charge in [0.1, 0.15) is 17.4 Å². The van der Waals surface area contributed by atoms with Gasteiger partial charge in [-0.2, -0.15) is 0 Å². The van der Waals surface area contributed by atoms with E-state index in [1.165, 1.54) is 7.11 Å². The molecular formula is C26H35F2N3O4. The quantitative estimate of drug-likeness (QED) is 0.395. The van der Waals surface area contributed by atoms with Crippen molar-refractivity contribution < 1.29 is 27.8 Å². The molecule has 35 heavy (non-hydrogen) atoms. The normalized spacial score (nSPS) is 11.4. The third kappa shape index (κ3) is 8.12. The fourth-order valence-corrected chi connectivity index (χ4v) is 3.56. The lowest BCUT2D eigenvalue weighted by atomic mass is 10.1. The number of anilines is 3. The first-order valence-corrected chi connectivity index (χ1v) is 11.5. The van der Waals surface area contributed by atoms with E-state index in [1.54, 1.807) is 26.0 Å². The molecule has 9 heteroatoms. The number of halogens is 2. The van der Waals surface area contributed by atoms with Crippen molar-refractivity contribution in [1.29, 1.82) is 0 Å². The molecule has 0 aromatic heterocycles. The molecule has 0 spiro atoms. The van der Waals surface area contributed by atoms with Gasteiger partial charge in [-0.25, -0.2) is 18.4 Å². The van der Waals surface area contributed by atoms with Crippen LogP contribution in [-0.4, -0.2) is 37.8 Å². The van der Waals surface area contributed by atoms with Gasteiger partial charge in [-0.15, -0.1) is 0 Å². The molecule has 2 aromatic carbocycles. The summed E-state index contributed by atoms with van der Waals surface area (Å²) in [7, 11) is 1.28. The molecule has 2 rings (SSSR count). The molecule has 0 radical (unpaired) electrons. The molecule has 0 saturated carbocycles. The van der Waals surface area contributed by atoms with Crippen LogP contribution in [0.1, 0.15) is 41.5 Å². The lowest BCUT2D eigenvalue weighted by molar-refractivity contribution is -0.156. The molecule has 7 nitrogen and oxygen atoms in total. The third-order valence-electron chi connectivity index (χ3n) is 4.96. The number of rotatable bonds is 10. The summed E-state index contributed by atoms with van der Waals surface area (Å²) in [5, 5.41) is 5.15. The van der Waals surface area contributed by atoms with Crippen LogP contribution < -0.4 is 20.3 Å². The summed E-state index contributed by atoms with van der Waals surface area (Å²) in [6, 6.07) is 7.31. The van der Waals surface area contributed by atoms with Gasteiger partial charge in [-0.1, -0.05) is 27.7 Å². The second kappa shape index (κ2) is 11.9. The van der Waals surface area contributed by atoms with Crippen LogP contribution in [-0.2, 0) is 9.53 Å². The molecule has 0 aliphatic rings. The van der Waals surface area contributed by atoms with E-state index in [4.69, 9.17) is 9.47 Å². The van der Waals surface area contributed by atoms with Crippen LogP contribution in [0.4, 0.5) is 30.6 Å². The Labute approximate surface area is 205 Å². The Morgan fingerprint density at radius 3 is 2.09 bits per heavy atom. The highest BCUT2D eigenvalue weighted by Gasteiger charge is 2.31. The highest BCUT2D eigenvalue weighted by molar-refractivity contribution is 6.02. The first-order valence-electron chi connectivity index (χ1n) is 11.5. The van der Waals surface area contributed by atoms with Gasteiger partial charge in [0.05, 0.1) is 24.2 Å². The third-order valence-corrected chi connectivity index (χ3v) is 4.96. The van der Waals surface area contributed by atoms with Crippen molar-refractivity contribution in [3.05, 3.63) is 48.0 Å². The summed E-state index contributed by atoms with van der Waals surface area (Å²) >= 11 is 0. The molecule has 0 bridgehead atoms. The number of benzene rings is 2. The number of carbonyl (C=O) groups is 2. The van der Waals surface area contributed by atoms with Crippen molar-refractivity contribution in [3.8, 4) is 5.75 Å². The van der Waals surface area contributed by atoms with Crippen molar-refractivity contribution in [2.24, 2.45) is 11.8 Å². The highest BCUT2D eigenvalue weighted by Crippen LogP contribution is 2.33. The lowest BCUT2D eigenvalue weighted by Gasteiger charge is -2.31. The van der Waals surface area contributed by atoms with Crippen molar-refractivity contribution >= 4 is 29.1 Å². The zero-order chi connectivity index (χ0) is 26.3. The molecule has 2 aromatic rings. The molecule has 0 aliphatic heterocycles. The minimum Gasteiger partial charge on any atom is -0.476 e. The summed E-state index contributed by atoms with van der Waals surface area (Å²) in [4.78, 5) is 27.0. The maximum atomic E-state index is 14.0. The second-order valence-corrected chi connectivity index (χ2v) is 9.68. The molecule has 0 atom stereocenters. The van der Waals surface area contributed by atoms with Crippen molar-refractivity contribution in [1.82, 2.24) is 0 Å². The number of hydrogen-bond donors (Lipinski definition) is 2. The van der Waals surface area contributed by atoms with Gasteiger partial charge in [-0.05, 0) is 49.9 Å². The van der Waals surface area contributed by atoms with Crippen LogP contribution in [0, 0.1) is 23.5 Å². The summed E-state index contributed by atoms with van der Waals surface area (Å²) < 4.78 is 37.9. The highest BCUT2D eigenvalue weighted by atomic mass is 19.1. The number of nitrogens with one attached hydrogen (secondary N) is 2. The van der Waals surface area contributed by atoms with Crippen LogP contribution in [0.2, 0.25) is 0 Å². The van der Waals surface area contributed by atoms with Crippen molar-refractivity contribution in [2.75, 3.05) is 35.7 Å². The average Bonchev–Trinajstić information content (AvgIpc) is 2.74. The van der Waals surface area contributed by atoms with E-state index < -0.39 is 29.2 Å². The van der Waals surface area contributed by atoms with E-state index in [0.29, 0.717) is 29.3 Å². The molecule has 2 N–H and O–H groups in total. The van der Waals surface area contributed by atoms with E-state index in [2.05, 4.69) is 43.2 Å². The lowest BCUT2D eigenvalue weighted by Crippen LogP contribution is -2.39. The maximum Gasteiger partial charge on any atom is 0.349 e. The van der Waals surface area contributed by atoms with Gasteiger partial charge in [-0.3, -0.25) is 0 Å². The number of urea groups is 1. The van der Waals surface area contributed by atoms with E-state index in [0.717, 1.165) is 30.9 Å². The average molecular weight is 492 g/mol. The zero-order valence-electron chi connectivity index (χ0n) is 21.4. The number of carbonyl (C=O) groups excluding carboxylic acids is 2. The van der Waals surface area contributed by atoms with Crippen molar-refractivity contribution in [2.45, 2.75) is 47.1 Å². The number of ether oxygens (including phenoxy) is 2. The van der Waals surface area contributed by atoms with Gasteiger partial charge >= 0.3 is 12.0 Å². The SMILES string of the molecule is COC(=O)C(C)(C)Oc1ccc(N(CC(C)C)CC(C)C)c(NC(=O)Nc2ccc(F)cc2F)c1. The molecule has 0 heterocycles. The van der Waals surface area contributed by atoms with Gasteiger partial charge in [0, 0.05) is 25.2 Å². The first kappa shape index (κ1) is 27.9. The van der Waals surface area contributed by atoms with Gasteiger partial charge in [0.2, 0.25) is 0 Å². The van der Waals surface area contributed by atoms with Crippen LogP contribution in [0.15, 0.2) is 36.4 Å². The number of esters is 1. The van der Waals surface area contributed by atoms with E-state index in [9.17, 15) is 18.4 Å².